The van der Waals surface area contributed by atoms with Gasteiger partial charge in [-0.05, 0) is 73.8 Å². The van der Waals surface area contributed by atoms with E-state index in [0.29, 0.717) is 5.92 Å². The summed E-state index contributed by atoms with van der Waals surface area (Å²) in [6.07, 6.45) is 6.27. The van der Waals surface area contributed by atoms with Gasteiger partial charge in [-0.25, -0.2) is 9.37 Å². The van der Waals surface area contributed by atoms with Crippen LogP contribution >= 0.6 is 0 Å². The Kier molecular flexibility index (Phi) is 6.26. The van der Waals surface area contributed by atoms with Crippen LogP contribution in [-0.2, 0) is 19.4 Å². The van der Waals surface area contributed by atoms with Gasteiger partial charge in [-0.2, -0.15) is 0 Å². The molecule has 0 N–H and O–H groups in total. The Hall–Kier alpha value is -3.05. The van der Waals surface area contributed by atoms with Crippen LogP contribution in [0.25, 0.3) is 11.0 Å². The summed E-state index contributed by atoms with van der Waals surface area (Å²) in [6.45, 7) is 4.07. The predicted molar refractivity (Wildman–Crippen MR) is 126 cm³/mol. The Labute approximate surface area is 188 Å². The molecule has 0 saturated carbocycles. The number of imidazole rings is 1. The first kappa shape index (κ1) is 20.8. The third-order valence-corrected chi connectivity index (χ3v) is 6.58. The van der Waals surface area contributed by atoms with E-state index in [2.05, 4.69) is 44.8 Å². The molecular weight excluding hydrogens is 399 g/mol. The highest BCUT2D eigenvalue weighted by atomic mass is 19.1. The first-order chi connectivity index (χ1) is 15.7. The van der Waals surface area contributed by atoms with E-state index >= 15 is 0 Å². The molecule has 0 atom stereocenters. The summed E-state index contributed by atoms with van der Waals surface area (Å²) in [6, 6.07) is 21.3. The van der Waals surface area contributed by atoms with Gasteiger partial charge in [0.05, 0.1) is 11.0 Å². The van der Waals surface area contributed by atoms with E-state index in [0.717, 1.165) is 61.4 Å². The largest absolute Gasteiger partial charge is 0.323 e. The summed E-state index contributed by atoms with van der Waals surface area (Å²) in [5.41, 5.74) is 4.46. The first-order valence-electron chi connectivity index (χ1n) is 11.6. The predicted octanol–water partition coefficient (Wildman–Crippen LogP) is 5.12. The third-order valence-electron chi connectivity index (χ3n) is 6.58. The smallest absolute Gasteiger partial charge is 0.123 e. The Morgan fingerprint density at radius 1 is 0.906 bits per heavy atom. The molecule has 5 heteroatoms. The van der Waals surface area contributed by atoms with Crippen LogP contribution in [0.5, 0.6) is 0 Å². The average molecular weight is 429 g/mol. The molecule has 1 fully saturated rings. The van der Waals surface area contributed by atoms with Crippen LogP contribution in [0.3, 0.4) is 0 Å². The Bertz CT molecular complexity index is 1150. The van der Waals surface area contributed by atoms with Crippen LogP contribution < -0.4 is 0 Å². The van der Waals surface area contributed by atoms with Gasteiger partial charge in [-0.15, -0.1) is 0 Å². The summed E-state index contributed by atoms with van der Waals surface area (Å²) in [4.78, 5) is 12.0. The van der Waals surface area contributed by atoms with E-state index in [1.165, 1.54) is 30.7 Å². The molecular formula is C27H29FN4. The molecule has 0 unspecified atom stereocenters. The summed E-state index contributed by atoms with van der Waals surface area (Å²) >= 11 is 0. The quantitative estimate of drug-likeness (QED) is 0.410. The number of benzene rings is 2. The molecule has 4 nitrogen and oxygen atoms in total. The van der Waals surface area contributed by atoms with Gasteiger partial charge in [0.15, 0.2) is 0 Å². The van der Waals surface area contributed by atoms with Crippen LogP contribution in [0.15, 0.2) is 72.9 Å². The van der Waals surface area contributed by atoms with Gasteiger partial charge < -0.3 is 9.47 Å². The first-order valence-corrected chi connectivity index (χ1v) is 11.6. The highest BCUT2D eigenvalue weighted by molar-refractivity contribution is 5.76. The molecule has 0 spiro atoms. The highest BCUT2D eigenvalue weighted by Gasteiger charge is 2.22. The van der Waals surface area contributed by atoms with Crippen LogP contribution in [0.4, 0.5) is 4.39 Å². The van der Waals surface area contributed by atoms with Crippen molar-refractivity contribution in [3.8, 4) is 0 Å². The fraction of sp³-hybridized carbons (Fsp3) is 0.333. The number of likely N-dealkylation sites (tertiary alicyclic amines) is 1. The van der Waals surface area contributed by atoms with Gasteiger partial charge in [-0.3, -0.25) is 4.98 Å². The molecule has 5 rings (SSSR count). The normalized spacial score (nSPS) is 15.4. The number of rotatable bonds is 7. The van der Waals surface area contributed by atoms with Crippen molar-refractivity contribution in [1.29, 1.82) is 0 Å². The van der Waals surface area contributed by atoms with Crippen LogP contribution in [0, 0.1) is 11.7 Å². The molecule has 0 amide bonds. The zero-order chi connectivity index (χ0) is 21.8. The van der Waals surface area contributed by atoms with Crippen molar-refractivity contribution >= 4 is 11.0 Å². The Morgan fingerprint density at radius 2 is 1.69 bits per heavy atom. The van der Waals surface area contributed by atoms with Gasteiger partial charge in [-0.1, -0.05) is 30.3 Å². The monoisotopic (exact) mass is 428 g/mol. The summed E-state index contributed by atoms with van der Waals surface area (Å²) < 4.78 is 15.7. The average Bonchev–Trinajstić information content (AvgIpc) is 3.17. The van der Waals surface area contributed by atoms with E-state index in [1.54, 1.807) is 0 Å². The van der Waals surface area contributed by atoms with Gasteiger partial charge in [0.1, 0.15) is 11.6 Å². The molecule has 32 heavy (non-hydrogen) atoms. The second-order valence-corrected chi connectivity index (χ2v) is 8.79. The van der Waals surface area contributed by atoms with Gasteiger partial charge in [0, 0.05) is 37.8 Å². The second kappa shape index (κ2) is 9.61. The molecule has 3 heterocycles. The topological polar surface area (TPSA) is 34.0 Å². The van der Waals surface area contributed by atoms with Crippen LogP contribution in [-0.4, -0.2) is 39.1 Å². The number of aromatic nitrogens is 3. The lowest BCUT2D eigenvalue weighted by atomic mass is 9.93. The number of fused-ring (bicyclic) bond motifs is 1. The van der Waals surface area contributed by atoms with Gasteiger partial charge >= 0.3 is 0 Å². The molecule has 2 aromatic heterocycles. The fourth-order valence-corrected chi connectivity index (χ4v) is 4.72. The van der Waals surface area contributed by atoms with Crippen LogP contribution in [0.2, 0.25) is 0 Å². The maximum atomic E-state index is 13.4. The number of pyridine rings is 1. The zero-order valence-electron chi connectivity index (χ0n) is 18.3. The van der Waals surface area contributed by atoms with Crippen molar-refractivity contribution in [1.82, 2.24) is 19.4 Å². The molecule has 0 aliphatic carbocycles. The number of piperidine rings is 1. The number of hydrogen-bond acceptors (Lipinski definition) is 3. The van der Waals surface area contributed by atoms with Crippen molar-refractivity contribution in [3.63, 3.8) is 0 Å². The Balaban J connectivity index is 1.25. The third kappa shape index (κ3) is 4.89. The Morgan fingerprint density at radius 3 is 2.47 bits per heavy atom. The molecule has 0 bridgehead atoms. The van der Waals surface area contributed by atoms with Gasteiger partial charge in [0.2, 0.25) is 0 Å². The lowest BCUT2D eigenvalue weighted by molar-refractivity contribution is 0.184. The summed E-state index contributed by atoms with van der Waals surface area (Å²) in [7, 11) is 0. The van der Waals surface area contributed by atoms with E-state index < -0.39 is 0 Å². The molecule has 1 aliphatic rings. The number of hydrogen-bond donors (Lipinski definition) is 0. The minimum absolute atomic E-state index is 0.195. The minimum Gasteiger partial charge on any atom is -0.323 e. The van der Waals surface area contributed by atoms with Crippen molar-refractivity contribution < 1.29 is 4.39 Å². The maximum Gasteiger partial charge on any atom is 0.123 e. The van der Waals surface area contributed by atoms with Crippen LogP contribution in [0.1, 0.15) is 29.9 Å². The molecule has 2 aromatic carbocycles. The fourth-order valence-electron chi connectivity index (χ4n) is 4.72. The van der Waals surface area contributed by atoms with Crippen molar-refractivity contribution in [2.75, 3.05) is 19.6 Å². The van der Waals surface area contributed by atoms with E-state index in [4.69, 9.17) is 4.98 Å². The van der Waals surface area contributed by atoms with Crippen molar-refractivity contribution in [2.45, 2.75) is 32.2 Å². The SMILES string of the molecule is Fc1ccc(Cn2c(CC3CCN(CCc4ccccn4)CC3)nc3ccccc32)cc1. The molecule has 164 valence electrons. The van der Waals surface area contributed by atoms with E-state index in [1.807, 2.05) is 30.5 Å². The summed E-state index contributed by atoms with van der Waals surface area (Å²) in [5.74, 6) is 1.59. The zero-order valence-corrected chi connectivity index (χ0v) is 18.3. The standard InChI is InChI=1S/C27H29FN4/c28-23-10-8-22(9-11-23)20-32-26-7-2-1-6-25(26)30-27(32)19-21-12-16-31(17-13-21)18-14-24-5-3-4-15-29-24/h1-11,15,21H,12-14,16-20H2. The molecule has 1 saturated heterocycles. The van der Waals surface area contributed by atoms with Gasteiger partial charge in [0.25, 0.3) is 0 Å². The summed E-state index contributed by atoms with van der Waals surface area (Å²) in [5, 5.41) is 0. The molecule has 4 aromatic rings. The van der Waals surface area contributed by atoms with Crippen molar-refractivity contribution in [3.05, 3.63) is 95.8 Å². The molecule has 0 radical (unpaired) electrons. The van der Waals surface area contributed by atoms with Crippen molar-refractivity contribution in [2.24, 2.45) is 5.92 Å². The highest BCUT2D eigenvalue weighted by Crippen LogP contribution is 2.25. The number of para-hydroxylation sites is 2. The lowest BCUT2D eigenvalue weighted by Crippen LogP contribution is -2.36. The second-order valence-electron chi connectivity index (χ2n) is 8.79. The number of nitrogens with zero attached hydrogens (tertiary/aromatic N) is 4. The maximum absolute atomic E-state index is 13.4. The number of halogens is 1. The van der Waals surface area contributed by atoms with E-state index in [-0.39, 0.29) is 5.82 Å². The molecule has 1 aliphatic heterocycles. The minimum atomic E-state index is -0.195. The van der Waals surface area contributed by atoms with E-state index in [9.17, 15) is 4.39 Å². The lowest BCUT2D eigenvalue weighted by Gasteiger charge is -2.31.